The molecule has 21 heavy (non-hydrogen) atoms. The average molecular weight is 358 g/mol. The molecule has 0 unspecified atom stereocenters. The summed E-state index contributed by atoms with van der Waals surface area (Å²) in [6.45, 7) is -2.90. The summed E-state index contributed by atoms with van der Waals surface area (Å²) in [5.41, 5.74) is 0.485. The van der Waals surface area contributed by atoms with E-state index in [9.17, 15) is 18.7 Å². The predicted octanol–water partition coefficient (Wildman–Crippen LogP) is 4.01. The van der Waals surface area contributed by atoms with E-state index in [0.717, 1.165) is 0 Å². The van der Waals surface area contributed by atoms with Crippen LogP contribution in [0, 0.1) is 0 Å². The van der Waals surface area contributed by atoms with Crippen molar-refractivity contribution in [3.05, 3.63) is 52.5 Å². The maximum absolute atomic E-state index is 12.0. The van der Waals surface area contributed by atoms with Crippen LogP contribution in [0.2, 0.25) is 0 Å². The number of phenols is 1. The van der Waals surface area contributed by atoms with Gasteiger partial charge in [-0.1, -0.05) is 15.9 Å². The van der Waals surface area contributed by atoms with Crippen LogP contribution in [0.15, 0.2) is 46.9 Å². The third-order valence-electron chi connectivity index (χ3n) is 2.54. The number of phenolic OH excluding ortho intramolecular Hbond substituents is 1. The third kappa shape index (κ3) is 4.16. The topological polar surface area (TPSA) is 58.6 Å². The molecule has 0 aromatic heterocycles. The van der Waals surface area contributed by atoms with Gasteiger partial charge in [-0.2, -0.15) is 8.78 Å². The van der Waals surface area contributed by atoms with Gasteiger partial charge in [0.25, 0.3) is 5.91 Å². The molecule has 0 aliphatic carbocycles. The van der Waals surface area contributed by atoms with E-state index < -0.39 is 12.5 Å². The molecular weight excluding hydrogens is 348 g/mol. The molecule has 0 aliphatic rings. The smallest absolute Gasteiger partial charge is 0.387 e. The second kappa shape index (κ2) is 6.53. The van der Waals surface area contributed by atoms with Gasteiger partial charge in [-0.3, -0.25) is 4.79 Å². The van der Waals surface area contributed by atoms with Crippen molar-refractivity contribution >= 4 is 27.5 Å². The van der Waals surface area contributed by atoms with Gasteiger partial charge in [0.2, 0.25) is 0 Å². The van der Waals surface area contributed by atoms with Gasteiger partial charge < -0.3 is 15.2 Å². The summed E-state index contributed by atoms with van der Waals surface area (Å²) < 4.78 is 28.9. The minimum atomic E-state index is -2.90. The Hall–Kier alpha value is -2.15. The third-order valence-corrected chi connectivity index (χ3v) is 3.03. The summed E-state index contributed by atoms with van der Waals surface area (Å²) in [7, 11) is 0. The molecule has 0 atom stereocenters. The van der Waals surface area contributed by atoms with Crippen molar-refractivity contribution in [1.29, 1.82) is 0 Å². The van der Waals surface area contributed by atoms with Gasteiger partial charge >= 0.3 is 6.61 Å². The Balaban J connectivity index is 2.10. The minimum Gasteiger partial charge on any atom is -0.507 e. The Labute approximate surface area is 127 Å². The van der Waals surface area contributed by atoms with E-state index in [4.69, 9.17) is 0 Å². The molecule has 0 fully saturated rings. The van der Waals surface area contributed by atoms with E-state index in [1.54, 1.807) is 6.07 Å². The first kappa shape index (κ1) is 15.2. The molecule has 2 rings (SSSR count). The Bertz CT molecular complexity index is 647. The van der Waals surface area contributed by atoms with Crippen LogP contribution in [0.5, 0.6) is 11.5 Å². The average Bonchev–Trinajstić information content (AvgIpc) is 2.43. The Morgan fingerprint density at radius 3 is 2.48 bits per heavy atom. The molecule has 2 aromatic rings. The summed E-state index contributed by atoms with van der Waals surface area (Å²) in [6.07, 6.45) is 0. The summed E-state index contributed by atoms with van der Waals surface area (Å²) in [6, 6.07) is 9.92. The highest BCUT2D eigenvalue weighted by Gasteiger charge is 2.12. The van der Waals surface area contributed by atoms with Crippen LogP contribution in [0.25, 0.3) is 0 Å². The van der Waals surface area contributed by atoms with Crippen molar-refractivity contribution in [2.45, 2.75) is 6.61 Å². The Morgan fingerprint density at radius 2 is 1.86 bits per heavy atom. The standard InChI is InChI=1S/C14H10BrF2NO3/c15-8-1-6-12(19)11(7-8)13(20)18-9-2-4-10(5-3-9)21-14(16)17/h1-7,14,19H,(H,18,20). The molecule has 1 amide bonds. The van der Waals surface area contributed by atoms with Gasteiger partial charge in [0.15, 0.2) is 0 Å². The maximum Gasteiger partial charge on any atom is 0.387 e. The predicted molar refractivity (Wildman–Crippen MR) is 76.8 cm³/mol. The fraction of sp³-hybridized carbons (Fsp3) is 0.0714. The van der Waals surface area contributed by atoms with Crippen LogP contribution >= 0.6 is 15.9 Å². The number of halogens is 3. The van der Waals surface area contributed by atoms with E-state index >= 15 is 0 Å². The molecule has 7 heteroatoms. The van der Waals surface area contributed by atoms with E-state index in [2.05, 4.69) is 26.0 Å². The van der Waals surface area contributed by atoms with Crippen molar-refractivity contribution in [2.75, 3.05) is 5.32 Å². The molecule has 0 saturated carbocycles. The van der Waals surface area contributed by atoms with Crippen molar-refractivity contribution < 1.29 is 23.4 Å². The van der Waals surface area contributed by atoms with Crippen LogP contribution in [0.1, 0.15) is 10.4 Å². The molecule has 0 spiro atoms. The van der Waals surface area contributed by atoms with Crippen LogP contribution in [-0.2, 0) is 0 Å². The van der Waals surface area contributed by atoms with E-state index in [-0.39, 0.29) is 17.1 Å². The Morgan fingerprint density at radius 1 is 1.19 bits per heavy atom. The normalized spacial score (nSPS) is 10.5. The number of carbonyl (C=O) groups is 1. The summed E-state index contributed by atoms with van der Waals surface area (Å²) in [5, 5.41) is 12.2. The van der Waals surface area contributed by atoms with Crippen molar-refractivity contribution in [2.24, 2.45) is 0 Å². The van der Waals surface area contributed by atoms with Gasteiger partial charge in [0.1, 0.15) is 11.5 Å². The number of aromatic hydroxyl groups is 1. The molecule has 110 valence electrons. The number of alkyl halides is 2. The second-order valence-electron chi connectivity index (χ2n) is 4.02. The van der Waals surface area contributed by atoms with Crippen LogP contribution in [0.4, 0.5) is 14.5 Å². The lowest BCUT2D eigenvalue weighted by molar-refractivity contribution is -0.0498. The molecule has 2 N–H and O–H groups in total. The summed E-state index contributed by atoms with van der Waals surface area (Å²) >= 11 is 3.20. The van der Waals surface area contributed by atoms with Crippen LogP contribution < -0.4 is 10.1 Å². The number of hydrogen-bond donors (Lipinski definition) is 2. The van der Waals surface area contributed by atoms with Crippen molar-refractivity contribution in [3.8, 4) is 11.5 Å². The number of anilines is 1. The first-order valence-electron chi connectivity index (χ1n) is 5.80. The number of rotatable bonds is 4. The molecule has 0 aliphatic heterocycles. The zero-order valence-corrected chi connectivity index (χ0v) is 12.1. The summed E-state index contributed by atoms with van der Waals surface area (Å²) in [4.78, 5) is 12.0. The Kier molecular flexibility index (Phi) is 4.74. The quantitative estimate of drug-likeness (QED) is 0.868. The first-order chi connectivity index (χ1) is 9.95. The monoisotopic (exact) mass is 357 g/mol. The molecule has 2 aromatic carbocycles. The zero-order chi connectivity index (χ0) is 15.4. The molecular formula is C14H10BrF2NO3. The lowest BCUT2D eigenvalue weighted by Crippen LogP contribution is -2.12. The molecule has 0 radical (unpaired) electrons. The molecule has 4 nitrogen and oxygen atoms in total. The van der Waals surface area contributed by atoms with Gasteiger partial charge in [0.05, 0.1) is 5.56 Å². The highest BCUT2D eigenvalue weighted by atomic mass is 79.9. The minimum absolute atomic E-state index is 0.00620. The number of ether oxygens (including phenoxy) is 1. The van der Waals surface area contributed by atoms with Crippen molar-refractivity contribution in [3.63, 3.8) is 0 Å². The van der Waals surface area contributed by atoms with E-state index in [1.165, 1.54) is 36.4 Å². The van der Waals surface area contributed by atoms with E-state index in [0.29, 0.717) is 10.2 Å². The first-order valence-corrected chi connectivity index (χ1v) is 6.60. The molecule has 0 heterocycles. The lowest BCUT2D eigenvalue weighted by atomic mass is 10.2. The maximum atomic E-state index is 12.0. The fourth-order valence-electron chi connectivity index (χ4n) is 1.61. The SMILES string of the molecule is O=C(Nc1ccc(OC(F)F)cc1)c1cc(Br)ccc1O. The number of hydrogen-bond acceptors (Lipinski definition) is 3. The lowest BCUT2D eigenvalue weighted by Gasteiger charge is -2.08. The second-order valence-corrected chi connectivity index (χ2v) is 4.93. The molecule has 0 bridgehead atoms. The van der Waals surface area contributed by atoms with Crippen molar-refractivity contribution in [1.82, 2.24) is 0 Å². The molecule has 0 saturated heterocycles. The van der Waals surface area contributed by atoms with Crippen LogP contribution in [0.3, 0.4) is 0 Å². The largest absolute Gasteiger partial charge is 0.507 e. The number of amides is 1. The van der Waals surface area contributed by atoms with Gasteiger partial charge in [0, 0.05) is 10.2 Å². The highest BCUT2D eigenvalue weighted by Crippen LogP contribution is 2.24. The summed E-state index contributed by atoms with van der Waals surface area (Å²) in [5.74, 6) is -0.682. The fourth-order valence-corrected chi connectivity index (χ4v) is 1.97. The van der Waals surface area contributed by atoms with Gasteiger partial charge in [-0.15, -0.1) is 0 Å². The number of benzene rings is 2. The number of carbonyl (C=O) groups excluding carboxylic acids is 1. The van der Waals surface area contributed by atoms with Gasteiger partial charge in [-0.05, 0) is 42.5 Å². The zero-order valence-electron chi connectivity index (χ0n) is 10.5. The number of nitrogens with one attached hydrogen (secondary N) is 1. The van der Waals surface area contributed by atoms with Crippen LogP contribution in [-0.4, -0.2) is 17.6 Å². The highest BCUT2D eigenvalue weighted by molar-refractivity contribution is 9.10. The van der Waals surface area contributed by atoms with E-state index in [1.807, 2.05) is 0 Å². The van der Waals surface area contributed by atoms with Gasteiger partial charge in [-0.25, -0.2) is 0 Å².